The smallest absolute Gasteiger partial charge is 0.254 e. The first-order chi connectivity index (χ1) is 13.1. The summed E-state index contributed by atoms with van der Waals surface area (Å²) >= 11 is 0. The molecule has 3 aromatic carbocycles. The summed E-state index contributed by atoms with van der Waals surface area (Å²) < 4.78 is 0. The Labute approximate surface area is 158 Å². The van der Waals surface area contributed by atoms with Crippen LogP contribution in [-0.4, -0.2) is 23.3 Å². The second kappa shape index (κ2) is 8.47. The molecule has 0 heterocycles. The van der Waals surface area contributed by atoms with Crippen LogP contribution in [0.3, 0.4) is 0 Å². The average Bonchev–Trinajstić information content (AvgIpc) is 2.71. The van der Waals surface area contributed by atoms with Gasteiger partial charge >= 0.3 is 0 Å². The summed E-state index contributed by atoms with van der Waals surface area (Å²) in [6.45, 7) is 3.91. The van der Waals surface area contributed by atoms with Gasteiger partial charge in [0.2, 0.25) is 0 Å². The van der Waals surface area contributed by atoms with Crippen LogP contribution in [-0.2, 0) is 4.79 Å². The van der Waals surface area contributed by atoms with Gasteiger partial charge in [-0.15, -0.1) is 0 Å². The number of hydrogen-bond donors (Lipinski definition) is 3. The highest BCUT2D eigenvalue weighted by Gasteiger charge is 2.10. The first kappa shape index (κ1) is 18.6. The quantitative estimate of drug-likeness (QED) is 0.463. The summed E-state index contributed by atoms with van der Waals surface area (Å²) in [7, 11) is 0. The number of hydrogen-bond acceptors (Lipinski definition) is 4. The van der Waals surface area contributed by atoms with Crippen molar-refractivity contribution in [3.05, 3.63) is 77.9 Å². The Kier molecular flexibility index (Phi) is 5.84. The molecule has 1 amide bonds. The number of hydrazone groups is 1. The first-order valence-corrected chi connectivity index (χ1v) is 8.89. The number of nitrogens with one attached hydrogen (secondary N) is 2. The lowest BCUT2D eigenvalue weighted by Gasteiger charge is -2.13. The standard InChI is InChI=1S/C22H23N3O2/c1-15(17-8-4-3-5-9-17)23-14-21(26)25-24-16(2)19-13-12-18-10-6-7-11-20(18)22(19)27/h3-13,15,23,27H,14H2,1-2H3,(H,25,26). The van der Waals surface area contributed by atoms with Gasteiger partial charge in [0, 0.05) is 17.0 Å². The van der Waals surface area contributed by atoms with Crippen LogP contribution < -0.4 is 10.7 Å². The van der Waals surface area contributed by atoms with Crippen molar-refractivity contribution in [1.29, 1.82) is 0 Å². The highest BCUT2D eigenvalue weighted by Crippen LogP contribution is 2.28. The highest BCUT2D eigenvalue weighted by atomic mass is 16.3. The van der Waals surface area contributed by atoms with Crippen molar-refractivity contribution in [2.75, 3.05) is 6.54 Å². The van der Waals surface area contributed by atoms with E-state index >= 15 is 0 Å². The largest absolute Gasteiger partial charge is 0.507 e. The number of benzene rings is 3. The topological polar surface area (TPSA) is 73.7 Å². The molecule has 0 aliphatic carbocycles. The molecule has 0 aliphatic heterocycles. The fourth-order valence-electron chi connectivity index (χ4n) is 2.90. The lowest BCUT2D eigenvalue weighted by molar-refractivity contribution is -0.120. The third-order valence-corrected chi connectivity index (χ3v) is 4.51. The van der Waals surface area contributed by atoms with Crippen molar-refractivity contribution in [2.45, 2.75) is 19.9 Å². The molecule has 0 radical (unpaired) electrons. The third-order valence-electron chi connectivity index (χ3n) is 4.51. The molecule has 0 spiro atoms. The fourth-order valence-corrected chi connectivity index (χ4v) is 2.90. The van der Waals surface area contributed by atoms with E-state index in [1.54, 1.807) is 13.0 Å². The lowest BCUT2D eigenvalue weighted by Crippen LogP contribution is -2.33. The minimum Gasteiger partial charge on any atom is -0.507 e. The number of fused-ring (bicyclic) bond motifs is 1. The van der Waals surface area contributed by atoms with Gasteiger partial charge in [-0.1, -0.05) is 60.7 Å². The maximum Gasteiger partial charge on any atom is 0.254 e. The molecule has 0 aromatic heterocycles. The fraction of sp³-hybridized carbons (Fsp3) is 0.182. The number of phenolic OH excluding ortho intramolecular Hbond substituents is 1. The van der Waals surface area contributed by atoms with Crippen molar-refractivity contribution in [2.24, 2.45) is 5.10 Å². The molecule has 1 atom stereocenters. The van der Waals surface area contributed by atoms with Gasteiger partial charge in [-0.25, -0.2) is 5.43 Å². The van der Waals surface area contributed by atoms with Gasteiger partial charge in [-0.2, -0.15) is 5.10 Å². The van der Waals surface area contributed by atoms with Crippen LogP contribution in [0.4, 0.5) is 0 Å². The maximum absolute atomic E-state index is 12.1. The van der Waals surface area contributed by atoms with Crippen molar-refractivity contribution < 1.29 is 9.90 Å². The number of rotatable bonds is 6. The Morgan fingerprint density at radius 3 is 2.52 bits per heavy atom. The van der Waals surface area contributed by atoms with Gasteiger partial charge in [-0.3, -0.25) is 4.79 Å². The number of amides is 1. The number of aromatic hydroxyl groups is 1. The molecule has 138 valence electrons. The van der Waals surface area contributed by atoms with Crippen LogP contribution in [0.5, 0.6) is 5.75 Å². The van der Waals surface area contributed by atoms with E-state index in [0.717, 1.165) is 16.3 Å². The predicted octanol–water partition coefficient (Wildman–Crippen LogP) is 3.74. The van der Waals surface area contributed by atoms with Crippen LogP contribution in [0, 0.1) is 0 Å². The molecular formula is C22H23N3O2. The van der Waals surface area contributed by atoms with Crippen LogP contribution in [0.25, 0.3) is 10.8 Å². The van der Waals surface area contributed by atoms with Gasteiger partial charge in [0.25, 0.3) is 5.91 Å². The van der Waals surface area contributed by atoms with E-state index in [-0.39, 0.29) is 24.2 Å². The Morgan fingerprint density at radius 1 is 1.04 bits per heavy atom. The van der Waals surface area contributed by atoms with Crippen LogP contribution in [0.2, 0.25) is 0 Å². The molecule has 0 bridgehead atoms. The molecule has 3 rings (SSSR count). The van der Waals surface area contributed by atoms with Crippen molar-refractivity contribution in [3.8, 4) is 5.75 Å². The van der Waals surface area contributed by atoms with E-state index in [2.05, 4.69) is 15.8 Å². The Hall–Kier alpha value is -3.18. The first-order valence-electron chi connectivity index (χ1n) is 8.89. The Morgan fingerprint density at radius 2 is 1.74 bits per heavy atom. The number of nitrogens with zero attached hydrogens (tertiary/aromatic N) is 1. The van der Waals surface area contributed by atoms with Gasteiger partial charge in [0.05, 0.1) is 12.3 Å². The van der Waals surface area contributed by atoms with Crippen molar-refractivity contribution in [1.82, 2.24) is 10.7 Å². The van der Waals surface area contributed by atoms with Gasteiger partial charge in [0.15, 0.2) is 0 Å². The van der Waals surface area contributed by atoms with Crippen LogP contribution in [0.15, 0.2) is 71.8 Å². The zero-order valence-electron chi connectivity index (χ0n) is 15.4. The van der Waals surface area contributed by atoms with Gasteiger partial charge in [-0.05, 0) is 30.9 Å². The zero-order valence-corrected chi connectivity index (χ0v) is 15.4. The maximum atomic E-state index is 12.1. The summed E-state index contributed by atoms with van der Waals surface area (Å²) in [5, 5.41) is 19.5. The molecule has 0 saturated heterocycles. The Balaban J connectivity index is 1.62. The summed E-state index contributed by atoms with van der Waals surface area (Å²) in [6.07, 6.45) is 0. The molecular weight excluding hydrogens is 338 g/mol. The minimum atomic E-state index is -0.239. The predicted molar refractivity (Wildman–Crippen MR) is 109 cm³/mol. The third kappa shape index (κ3) is 4.51. The van der Waals surface area contributed by atoms with E-state index < -0.39 is 0 Å². The van der Waals surface area contributed by atoms with E-state index in [1.807, 2.05) is 67.6 Å². The SMILES string of the molecule is CC(=NNC(=O)CNC(C)c1ccccc1)c1ccc2ccccc2c1O. The van der Waals surface area contributed by atoms with E-state index in [9.17, 15) is 9.90 Å². The van der Waals surface area contributed by atoms with E-state index in [1.165, 1.54) is 0 Å². The number of carbonyl (C=O) groups is 1. The molecule has 27 heavy (non-hydrogen) atoms. The summed E-state index contributed by atoms with van der Waals surface area (Å²) in [4.78, 5) is 12.1. The molecule has 3 aromatic rings. The van der Waals surface area contributed by atoms with Gasteiger partial charge in [0.1, 0.15) is 5.75 Å². The van der Waals surface area contributed by atoms with Crippen LogP contribution >= 0.6 is 0 Å². The monoisotopic (exact) mass is 361 g/mol. The van der Waals surface area contributed by atoms with E-state index in [4.69, 9.17) is 0 Å². The average molecular weight is 361 g/mol. The summed E-state index contributed by atoms with van der Waals surface area (Å²) in [5.41, 5.74) is 4.80. The summed E-state index contributed by atoms with van der Waals surface area (Å²) in [5.74, 6) is -0.0724. The molecule has 0 aliphatic rings. The number of phenols is 1. The minimum absolute atomic E-state index is 0.0616. The van der Waals surface area contributed by atoms with Gasteiger partial charge < -0.3 is 10.4 Å². The van der Waals surface area contributed by atoms with E-state index in [0.29, 0.717) is 11.3 Å². The number of carbonyl (C=O) groups excluding carboxylic acids is 1. The second-order valence-corrected chi connectivity index (χ2v) is 6.43. The summed E-state index contributed by atoms with van der Waals surface area (Å²) in [6, 6.07) is 21.3. The zero-order chi connectivity index (χ0) is 19.2. The van der Waals surface area contributed by atoms with Crippen LogP contribution in [0.1, 0.15) is 31.0 Å². The molecule has 5 nitrogen and oxygen atoms in total. The molecule has 1 unspecified atom stereocenters. The molecule has 3 N–H and O–H groups in total. The Bertz CT molecular complexity index is 968. The van der Waals surface area contributed by atoms with Crippen molar-refractivity contribution in [3.63, 3.8) is 0 Å². The molecule has 0 saturated carbocycles. The normalized spacial score (nSPS) is 12.7. The second-order valence-electron chi connectivity index (χ2n) is 6.43. The lowest BCUT2D eigenvalue weighted by atomic mass is 10.0. The molecule has 5 heteroatoms. The molecule has 0 fully saturated rings. The van der Waals surface area contributed by atoms with Crippen molar-refractivity contribution >= 4 is 22.4 Å². The highest BCUT2D eigenvalue weighted by molar-refractivity contribution is 6.06.